The molecule has 0 aliphatic carbocycles. The van der Waals surface area contributed by atoms with Crippen LogP contribution in [0.5, 0.6) is 0 Å². The van der Waals surface area contributed by atoms with Crippen molar-refractivity contribution in [3.05, 3.63) is 59.4 Å². The molecule has 0 atom stereocenters. The van der Waals surface area contributed by atoms with Gasteiger partial charge in [0.05, 0.1) is 0 Å². The number of hydrogen-bond acceptors (Lipinski definition) is 2. The average molecular weight is 295 g/mol. The van der Waals surface area contributed by atoms with E-state index in [1.54, 1.807) is 24.3 Å². The molecule has 110 valence electrons. The molecule has 2 rings (SSSR count). The highest BCUT2D eigenvalue weighted by molar-refractivity contribution is 5.87. The minimum Gasteiger partial charge on any atom is -0.381 e. The largest absolute Gasteiger partial charge is 0.381 e. The molecule has 0 saturated carbocycles. The molecule has 0 unspecified atom stereocenters. The second kappa shape index (κ2) is 6.17. The number of anilines is 2. The second-order valence-electron chi connectivity index (χ2n) is 4.28. The number of urea groups is 1. The fourth-order valence-electron chi connectivity index (χ4n) is 1.71. The predicted molar refractivity (Wildman–Crippen MR) is 73.3 cm³/mol. The van der Waals surface area contributed by atoms with E-state index in [0.717, 1.165) is 6.07 Å². The number of carbonyl (C=O) groups excluding carboxylic acids is 1. The van der Waals surface area contributed by atoms with Crippen LogP contribution in [0, 0.1) is 17.5 Å². The van der Waals surface area contributed by atoms with Gasteiger partial charge in [0, 0.05) is 29.5 Å². The summed E-state index contributed by atoms with van der Waals surface area (Å²) in [5.74, 6) is -3.15. The molecule has 21 heavy (non-hydrogen) atoms. The summed E-state index contributed by atoms with van der Waals surface area (Å²) >= 11 is 0. The van der Waals surface area contributed by atoms with E-state index in [1.807, 2.05) is 0 Å². The lowest BCUT2D eigenvalue weighted by Crippen LogP contribution is -2.19. The van der Waals surface area contributed by atoms with E-state index in [0.29, 0.717) is 17.4 Å². The first-order valence-electron chi connectivity index (χ1n) is 5.99. The van der Waals surface area contributed by atoms with E-state index in [-0.39, 0.29) is 12.1 Å². The second-order valence-corrected chi connectivity index (χ2v) is 4.28. The molecule has 4 N–H and O–H groups in total. The predicted octanol–water partition coefficient (Wildman–Crippen LogP) is 3.21. The van der Waals surface area contributed by atoms with Crippen molar-refractivity contribution in [1.82, 2.24) is 0 Å². The maximum Gasteiger partial charge on any atom is 0.316 e. The van der Waals surface area contributed by atoms with E-state index in [2.05, 4.69) is 10.6 Å². The minimum absolute atomic E-state index is 0.00763. The van der Waals surface area contributed by atoms with Gasteiger partial charge in [0.15, 0.2) is 11.6 Å². The first-order chi connectivity index (χ1) is 9.95. The molecule has 0 aliphatic heterocycles. The number of nitrogens with two attached hydrogens (primary N) is 1. The quantitative estimate of drug-likeness (QED) is 0.758. The molecule has 0 saturated heterocycles. The highest BCUT2D eigenvalue weighted by Gasteiger charge is 2.09. The van der Waals surface area contributed by atoms with Gasteiger partial charge in [-0.1, -0.05) is 0 Å². The Morgan fingerprint density at radius 1 is 0.952 bits per heavy atom. The van der Waals surface area contributed by atoms with Crippen LogP contribution in [0.4, 0.5) is 29.3 Å². The Kier molecular flexibility index (Phi) is 4.32. The molecule has 4 nitrogen and oxygen atoms in total. The van der Waals surface area contributed by atoms with Crippen molar-refractivity contribution in [2.45, 2.75) is 6.54 Å². The Hall–Kier alpha value is -2.70. The lowest BCUT2D eigenvalue weighted by atomic mass is 10.2. The summed E-state index contributed by atoms with van der Waals surface area (Å²) < 4.78 is 39.3. The summed E-state index contributed by atoms with van der Waals surface area (Å²) in [6, 6.07) is 7.07. The Balaban J connectivity index is 2.03. The molecule has 2 aromatic rings. The first-order valence-corrected chi connectivity index (χ1v) is 5.99. The van der Waals surface area contributed by atoms with Crippen LogP contribution >= 0.6 is 0 Å². The van der Waals surface area contributed by atoms with Gasteiger partial charge in [-0.15, -0.1) is 0 Å². The zero-order valence-electron chi connectivity index (χ0n) is 10.8. The van der Waals surface area contributed by atoms with Crippen LogP contribution in [0.2, 0.25) is 0 Å². The smallest absolute Gasteiger partial charge is 0.316 e. The van der Waals surface area contributed by atoms with Crippen LogP contribution in [0.1, 0.15) is 5.56 Å². The fourth-order valence-corrected chi connectivity index (χ4v) is 1.71. The van der Waals surface area contributed by atoms with Crippen LogP contribution in [0.25, 0.3) is 0 Å². The van der Waals surface area contributed by atoms with Crippen molar-refractivity contribution in [3.63, 3.8) is 0 Å². The van der Waals surface area contributed by atoms with Gasteiger partial charge >= 0.3 is 6.03 Å². The summed E-state index contributed by atoms with van der Waals surface area (Å²) in [7, 11) is 0. The maximum atomic E-state index is 13.4. The van der Waals surface area contributed by atoms with Crippen LogP contribution < -0.4 is 16.4 Å². The molecule has 0 fully saturated rings. The molecule has 0 aromatic heterocycles. The van der Waals surface area contributed by atoms with Gasteiger partial charge in [-0.05, 0) is 30.3 Å². The summed E-state index contributed by atoms with van der Waals surface area (Å²) in [6.07, 6.45) is 0. The maximum absolute atomic E-state index is 13.4. The van der Waals surface area contributed by atoms with E-state index in [4.69, 9.17) is 5.73 Å². The van der Waals surface area contributed by atoms with Crippen LogP contribution in [0.3, 0.4) is 0 Å². The van der Waals surface area contributed by atoms with Crippen LogP contribution in [-0.4, -0.2) is 6.03 Å². The monoisotopic (exact) mass is 295 g/mol. The normalized spacial score (nSPS) is 10.2. The van der Waals surface area contributed by atoms with Gasteiger partial charge in [0.25, 0.3) is 0 Å². The highest BCUT2D eigenvalue weighted by atomic mass is 19.2. The number of carbonyl (C=O) groups is 1. The molecule has 0 spiro atoms. The topological polar surface area (TPSA) is 67.2 Å². The Labute approximate surface area is 118 Å². The zero-order chi connectivity index (χ0) is 15.4. The number of halogens is 3. The SMILES string of the molecule is NC(=O)Nc1ccc(NCc2cc(F)c(F)cc2F)cc1. The number of hydrogen-bond donors (Lipinski definition) is 3. The summed E-state index contributed by atoms with van der Waals surface area (Å²) in [5, 5.41) is 5.24. The first kappa shape index (κ1) is 14.7. The molecule has 0 aliphatic rings. The molecule has 0 radical (unpaired) electrons. The number of rotatable bonds is 4. The van der Waals surface area contributed by atoms with E-state index >= 15 is 0 Å². The minimum atomic E-state index is -1.22. The summed E-state index contributed by atoms with van der Waals surface area (Å²) in [4.78, 5) is 10.6. The van der Waals surface area contributed by atoms with E-state index < -0.39 is 23.5 Å². The third-order valence-electron chi connectivity index (χ3n) is 2.72. The standard InChI is InChI=1S/C14H12F3N3O/c15-11-6-13(17)12(16)5-8(11)7-19-9-1-3-10(4-2-9)20-14(18)21/h1-6,19H,7H2,(H3,18,20,21). The van der Waals surface area contributed by atoms with E-state index in [1.165, 1.54) is 0 Å². The molecular weight excluding hydrogens is 283 g/mol. The summed E-state index contributed by atoms with van der Waals surface area (Å²) in [5.41, 5.74) is 6.10. The molecular formula is C14H12F3N3O. The Bertz CT molecular complexity index is 659. The number of amides is 2. The third-order valence-corrected chi connectivity index (χ3v) is 2.72. The molecule has 2 aromatic carbocycles. The van der Waals surface area contributed by atoms with Gasteiger partial charge in [-0.3, -0.25) is 0 Å². The lowest BCUT2D eigenvalue weighted by molar-refractivity contribution is 0.259. The van der Waals surface area contributed by atoms with Crippen molar-refractivity contribution >= 4 is 17.4 Å². The zero-order valence-corrected chi connectivity index (χ0v) is 10.8. The van der Waals surface area contributed by atoms with Gasteiger partial charge in [-0.25, -0.2) is 18.0 Å². The molecule has 0 heterocycles. The third kappa shape index (κ3) is 3.88. The highest BCUT2D eigenvalue weighted by Crippen LogP contribution is 2.17. The molecule has 7 heteroatoms. The van der Waals surface area contributed by atoms with Gasteiger partial charge in [0.1, 0.15) is 5.82 Å². The fraction of sp³-hybridized carbons (Fsp3) is 0.0714. The average Bonchev–Trinajstić information content (AvgIpc) is 2.42. The molecule has 0 bridgehead atoms. The number of nitrogens with one attached hydrogen (secondary N) is 2. The van der Waals surface area contributed by atoms with Crippen molar-refractivity contribution in [2.24, 2.45) is 5.73 Å². The van der Waals surface area contributed by atoms with Crippen molar-refractivity contribution in [1.29, 1.82) is 0 Å². The van der Waals surface area contributed by atoms with Crippen LogP contribution in [0.15, 0.2) is 36.4 Å². The van der Waals surface area contributed by atoms with Crippen molar-refractivity contribution < 1.29 is 18.0 Å². The number of primary amides is 1. The molecule has 2 amide bonds. The van der Waals surface area contributed by atoms with Crippen molar-refractivity contribution in [2.75, 3.05) is 10.6 Å². The lowest BCUT2D eigenvalue weighted by Gasteiger charge is -2.09. The van der Waals surface area contributed by atoms with Gasteiger partial charge in [0.2, 0.25) is 0 Å². The van der Waals surface area contributed by atoms with Crippen molar-refractivity contribution in [3.8, 4) is 0 Å². The van der Waals surface area contributed by atoms with Gasteiger partial charge < -0.3 is 16.4 Å². The summed E-state index contributed by atoms with van der Waals surface area (Å²) in [6.45, 7) is -0.00831. The van der Waals surface area contributed by atoms with Gasteiger partial charge in [-0.2, -0.15) is 0 Å². The Morgan fingerprint density at radius 2 is 1.52 bits per heavy atom. The number of benzene rings is 2. The van der Waals surface area contributed by atoms with Crippen LogP contribution in [-0.2, 0) is 6.54 Å². The Morgan fingerprint density at radius 3 is 2.14 bits per heavy atom. The van der Waals surface area contributed by atoms with E-state index in [9.17, 15) is 18.0 Å².